The number of aryl methyl sites for hydroxylation is 1. The number of nitrogens with zero attached hydrogens (tertiary/aromatic N) is 3. The number of hydrogen-bond acceptors (Lipinski definition) is 3. The standard InChI is InChI=1S/C20H18FN3O2/c1-23-10-16(9-22-23)13-6-7-15(18(21)8-13)12-24-11-14-4-2-3-5-17(14)19(24)20(25)26/h2-10,19H,11-12H2,1H3,(H,25,26). The number of fused-ring (bicyclic) bond motifs is 1. The predicted molar refractivity (Wildman–Crippen MR) is 94.7 cm³/mol. The topological polar surface area (TPSA) is 58.4 Å². The van der Waals surface area contributed by atoms with E-state index >= 15 is 0 Å². The van der Waals surface area contributed by atoms with Gasteiger partial charge in [-0.1, -0.05) is 36.4 Å². The largest absolute Gasteiger partial charge is 0.480 e. The first-order valence-electron chi connectivity index (χ1n) is 8.35. The Bertz CT molecular complexity index is 983. The molecule has 6 heteroatoms. The maximum atomic E-state index is 14.7. The maximum Gasteiger partial charge on any atom is 0.325 e. The summed E-state index contributed by atoms with van der Waals surface area (Å²) >= 11 is 0. The average molecular weight is 351 g/mol. The van der Waals surface area contributed by atoms with Crippen molar-refractivity contribution in [2.75, 3.05) is 0 Å². The van der Waals surface area contributed by atoms with Crippen molar-refractivity contribution in [1.82, 2.24) is 14.7 Å². The van der Waals surface area contributed by atoms with Gasteiger partial charge in [-0.3, -0.25) is 14.4 Å². The number of halogens is 1. The van der Waals surface area contributed by atoms with Crippen LogP contribution < -0.4 is 0 Å². The third-order valence-electron chi connectivity index (χ3n) is 4.79. The van der Waals surface area contributed by atoms with Gasteiger partial charge in [0, 0.05) is 37.5 Å². The Morgan fingerprint density at radius 1 is 1.27 bits per heavy atom. The van der Waals surface area contributed by atoms with Crippen LogP contribution in [0.1, 0.15) is 22.7 Å². The van der Waals surface area contributed by atoms with Crippen LogP contribution in [-0.2, 0) is 24.9 Å². The Morgan fingerprint density at radius 2 is 2.08 bits per heavy atom. The lowest BCUT2D eigenvalue weighted by Crippen LogP contribution is -2.28. The molecule has 0 amide bonds. The van der Waals surface area contributed by atoms with Crippen molar-refractivity contribution < 1.29 is 14.3 Å². The first-order chi connectivity index (χ1) is 12.5. The van der Waals surface area contributed by atoms with Gasteiger partial charge in [-0.25, -0.2) is 4.39 Å². The smallest absolute Gasteiger partial charge is 0.325 e. The highest BCUT2D eigenvalue weighted by atomic mass is 19.1. The summed E-state index contributed by atoms with van der Waals surface area (Å²) in [6, 6.07) is 11.8. The molecule has 2 heterocycles. The molecule has 1 aliphatic rings. The zero-order valence-electron chi connectivity index (χ0n) is 14.3. The van der Waals surface area contributed by atoms with Crippen molar-refractivity contribution in [2.24, 2.45) is 7.05 Å². The van der Waals surface area contributed by atoms with Crippen molar-refractivity contribution in [3.8, 4) is 11.1 Å². The van der Waals surface area contributed by atoms with Crippen molar-refractivity contribution in [3.05, 3.63) is 77.4 Å². The number of aliphatic carboxylic acids is 1. The molecule has 1 unspecified atom stereocenters. The molecule has 3 aromatic rings. The Morgan fingerprint density at radius 3 is 2.77 bits per heavy atom. The molecule has 0 saturated heterocycles. The molecule has 0 radical (unpaired) electrons. The molecule has 4 rings (SSSR count). The Balaban J connectivity index is 1.60. The molecule has 132 valence electrons. The number of carboxylic acid groups (broad SMARTS) is 1. The van der Waals surface area contributed by atoms with Crippen LogP contribution in [0.4, 0.5) is 4.39 Å². The molecule has 0 bridgehead atoms. The number of carbonyl (C=O) groups is 1. The summed E-state index contributed by atoms with van der Waals surface area (Å²) in [5.41, 5.74) is 3.84. The van der Waals surface area contributed by atoms with E-state index in [1.807, 2.05) is 43.6 Å². The Labute approximate surface area is 150 Å². The van der Waals surface area contributed by atoms with Gasteiger partial charge >= 0.3 is 5.97 Å². The van der Waals surface area contributed by atoms with E-state index in [0.29, 0.717) is 12.1 Å². The molecule has 2 aromatic carbocycles. The quantitative estimate of drug-likeness (QED) is 0.783. The summed E-state index contributed by atoms with van der Waals surface area (Å²) < 4.78 is 16.3. The van der Waals surface area contributed by atoms with Crippen molar-refractivity contribution in [2.45, 2.75) is 19.1 Å². The summed E-state index contributed by atoms with van der Waals surface area (Å²) in [5, 5.41) is 13.7. The molecule has 0 spiro atoms. The van der Waals surface area contributed by atoms with E-state index in [1.165, 1.54) is 6.07 Å². The minimum Gasteiger partial charge on any atom is -0.480 e. The van der Waals surface area contributed by atoms with Crippen LogP contribution in [0.15, 0.2) is 54.9 Å². The highest BCUT2D eigenvalue weighted by Gasteiger charge is 2.35. The zero-order chi connectivity index (χ0) is 18.3. The number of hydrogen-bond donors (Lipinski definition) is 1. The van der Waals surface area contributed by atoms with Gasteiger partial charge < -0.3 is 5.11 Å². The van der Waals surface area contributed by atoms with E-state index in [-0.39, 0.29) is 12.4 Å². The third kappa shape index (κ3) is 2.88. The van der Waals surface area contributed by atoms with Crippen LogP contribution in [0.3, 0.4) is 0 Å². The first-order valence-corrected chi connectivity index (χ1v) is 8.35. The van der Waals surface area contributed by atoms with E-state index in [4.69, 9.17) is 0 Å². The number of benzene rings is 2. The second-order valence-electron chi connectivity index (χ2n) is 6.55. The number of aromatic nitrogens is 2. The third-order valence-corrected chi connectivity index (χ3v) is 4.79. The van der Waals surface area contributed by atoms with Gasteiger partial charge in [0.2, 0.25) is 0 Å². The molecule has 26 heavy (non-hydrogen) atoms. The van der Waals surface area contributed by atoms with Crippen molar-refractivity contribution in [1.29, 1.82) is 0 Å². The molecule has 1 atom stereocenters. The summed E-state index contributed by atoms with van der Waals surface area (Å²) in [6.45, 7) is 0.738. The van der Waals surface area contributed by atoms with Crippen LogP contribution in [0, 0.1) is 5.82 Å². The predicted octanol–water partition coefficient (Wildman–Crippen LogP) is 3.37. The summed E-state index contributed by atoms with van der Waals surface area (Å²) in [7, 11) is 1.81. The Hall–Kier alpha value is -2.99. The van der Waals surface area contributed by atoms with Crippen molar-refractivity contribution >= 4 is 5.97 Å². The average Bonchev–Trinajstić information content (AvgIpc) is 3.19. The normalized spacial score (nSPS) is 16.6. The van der Waals surface area contributed by atoms with Gasteiger partial charge in [-0.2, -0.15) is 5.10 Å². The van der Waals surface area contributed by atoms with E-state index < -0.39 is 12.0 Å². The summed E-state index contributed by atoms with van der Waals surface area (Å²) in [6.07, 6.45) is 3.51. The van der Waals surface area contributed by atoms with Gasteiger partial charge in [0.05, 0.1) is 6.20 Å². The fraction of sp³-hybridized carbons (Fsp3) is 0.200. The zero-order valence-corrected chi connectivity index (χ0v) is 14.3. The molecular weight excluding hydrogens is 333 g/mol. The van der Waals surface area contributed by atoms with Gasteiger partial charge in [-0.05, 0) is 22.8 Å². The highest BCUT2D eigenvalue weighted by Crippen LogP contribution is 2.35. The lowest BCUT2D eigenvalue weighted by molar-refractivity contribution is -0.143. The lowest BCUT2D eigenvalue weighted by Gasteiger charge is -2.22. The van der Waals surface area contributed by atoms with Gasteiger partial charge in [-0.15, -0.1) is 0 Å². The van der Waals surface area contributed by atoms with Gasteiger partial charge in [0.15, 0.2) is 0 Å². The molecule has 0 aliphatic carbocycles. The lowest BCUT2D eigenvalue weighted by atomic mass is 10.0. The van der Waals surface area contributed by atoms with E-state index in [9.17, 15) is 14.3 Å². The second kappa shape index (κ2) is 6.38. The maximum absolute atomic E-state index is 14.7. The van der Waals surface area contributed by atoms with Crippen LogP contribution >= 0.6 is 0 Å². The monoisotopic (exact) mass is 351 g/mol. The molecule has 0 fully saturated rings. The first kappa shape index (κ1) is 16.5. The summed E-state index contributed by atoms with van der Waals surface area (Å²) in [4.78, 5) is 13.5. The number of carboxylic acids is 1. The fourth-order valence-electron chi connectivity index (χ4n) is 3.53. The van der Waals surface area contributed by atoms with Crippen LogP contribution in [0.5, 0.6) is 0 Å². The van der Waals surface area contributed by atoms with Crippen LogP contribution in [0.2, 0.25) is 0 Å². The van der Waals surface area contributed by atoms with Gasteiger partial charge in [0.25, 0.3) is 0 Å². The van der Waals surface area contributed by atoms with Crippen molar-refractivity contribution in [3.63, 3.8) is 0 Å². The summed E-state index contributed by atoms with van der Waals surface area (Å²) in [5.74, 6) is -1.26. The minimum absolute atomic E-state index is 0.241. The molecule has 1 aliphatic heterocycles. The van der Waals surface area contributed by atoms with Gasteiger partial charge in [0.1, 0.15) is 11.9 Å². The van der Waals surface area contributed by atoms with E-state index in [1.54, 1.807) is 21.8 Å². The SMILES string of the molecule is Cn1cc(-c2ccc(CN3Cc4ccccc4C3C(=O)O)c(F)c2)cn1. The fourth-order valence-corrected chi connectivity index (χ4v) is 3.53. The Kier molecular flexibility index (Phi) is 4.05. The van der Waals surface area contributed by atoms with E-state index in [2.05, 4.69) is 5.10 Å². The molecule has 1 aromatic heterocycles. The molecule has 0 saturated carbocycles. The molecule has 5 nitrogen and oxygen atoms in total. The number of rotatable bonds is 4. The minimum atomic E-state index is -0.915. The van der Waals surface area contributed by atoms with Crippen LogP contribution in [0.25, 0.3) is 11.1 Å². The second-order valence-corrected chi connectivity index (χ2v) is 6.55. The molecule has 1 N–H and O–H groups in total. The molecular formula is C20H18FN3O2. The van der Waals surface area contributed by atoms with E-state index in [0.717, 1.165) is 22.3 Å². The highest BCUT2D eigenvalue weighted by molar-refractivity contribution is 5.77. The van der Waals surface area contributed by atoms with Crippen LogP contribution in [-0.4, -0.2) is 25.8 Å².